The van der Waals surface area contributed by atoms with Crippen molar-refractivity contribution in [1.29, 1.82) is 0 Å². The fourth-order valence-electron chi connectivity index (χ4n) is 1.51. The van der Waals surface area contributed by atoms with Gasteiger partial charge in [-0.25, -0.2) is 10.8 Å². The molecule has 0 aliphatic carbocycles. The van der Waals surface area contributed by atoms with Crippen molar-refractivity contribution in [3.8, 4) is 0 Å². The van der Waals surface area contributed by atoms with E-state index in [0.29, 0.717) is 12.5 Å². The van der Waals surface area contributed by atoms with Crippen LogP contribution >= 0.6 is 11.3 Å². The van der Waals surface area contributed by atoms with Gasteiger partial charge >= 0.3 is 0 Å². The Labute approximate surface area is 111 Å². The molecule has 2 rings (SSSR count). The first-order valence-electron chi connectivity index (χ1n) is 5.66. The largest absolute Gasteiger partial charge is 0.325 e. The maximum Gasteiger partial charge on any atom is 0.210 e. The summed E-state index contributed by atoms with van der Waals surface area (Å²) in [4.78, 5) is 6.91. The number of guanidine groups is 1. The van der Waals surface area contributed by atoms with Crippen LogP contribution in [0.1, 0.15) is 9.75 Å². The molecule has 0 aliphatic rings. The predicted molar refractivity (Wildman–Crippen MR) is 77.6 cm³/mol. The normalized spacial score (nSPS) is 11.3. The van der Waals surface area contributed by atoms with Gasteiger partial charge in [0.05, 0.1) is 6.54 Å². The number of hydrogen-bond donors (Lipinski definition) is 3. The van der Waals surface area contributed by atoms with E-state index in [1.54, 1.807) is 11.3 Å². The number of hydrogen-bond acceptors (Lipinski definition) is 3. The van der Waals surface area contributed by atoms with Gasteiger partial charge in [0.15, 0.2) is 0 Å². The van der Waals surface area contributed by atoms with Gasteiger partial charge in [-0.15, -0.1) is 11.3 Å². The Morgan fingerprint density at radius 2 is 2.00 bits per heavy atom. The van der Waals surface area contributed by atoms with Crippen LogP contribution in [0.25, 0.3) is 0 Å². The van der Waals surface area contributed by atoms with Crippen LogP contribution in [0.5, 0.6) is 0 Å². The van der Waals surface area contributed by atoms with Crippen LogP contribution in [-0.2, 0) is 6.54 Å². The number of aliphatic imine (C=N–C) groups is 1. The van der Waals surface area contributed by atoms with Crippen LogP contribution in [0.4, 0.5) is 5.69 Å². The Balaban J connectivity index is 2.00. The molecule has 1 aromatic carbocycles. The highest BCUT2D eigenvalue weighted by Gasteiger charge is 1.99. The van der Waals surface area contributed by atoms with E-state index < -0.39 is 0 Å². The summed E-state index contributed by atoms with van der Waals surface area (Å²) in [5, 5.41) is 3.12. The van der Waals surface area contributed by atoms with Crippen molar-refractivity contribution >= 4 is 23.0 Å². The number of nitrogens with one attached hydrogen (secondary N) is 2. The molecular weight excluding hydrogens is 244 g/mol. The zero-order valence-electron chi connectivity index (χ0n) is 10.2. The van der Waals surface area contributed by atoms with Crippen LogP contribution in [0.15, 0.2) is 47.5 Å². The van der Waals surface area contributed by atoms with Crippen LogP contribution in [-0.4, -0.2) is 5.96 Å². The van der Waals surface area contributed by atoms with E-state index in [0.717, 1.165) is 5.69 Å². The lowest BCUT2D eigenvalue weighted by atomic mass is 10.3. The lowest BCUT2D eigenvalue weighted by Gasteiger charge is -2.08. The number of nitrogens with zero attached hydrogens (tertiary/aromatic N) is 1. The second-order valence-corrected chi connectivity index (χ2v) is 5.19. The Morgan fingerprint density at radius 3 is 2.61 bits per heavy atom. The summed E-state index contributed by atoms with van der Waals surface area (Å²) in [7, 11) is 0. The highest BCUT2D eigenvalue weighted by molar-refractivity contribution is 7.11. The highest BCUT2D eigenvalue weighted by atomic mass is 32.1. The third-order valence-electron chi connectivity index (χ3n) is 2.36. The van der Waals surface area contributed by atoms with Crippen molar-refractivity contribution in [2.75, 3.05) is 5.32 Å². The third-order valence-corrected chi connectivity index (χ3v) is 3.35. The Hall–Kier alpha value is -1.85. The molecule has 1 heterocycles. The molecule has 94 valence electrons. The molecule has 5 heteroatoms. The topological polar surface area (TPSA) is 62.4 Å². The Morgan fingerprint density at radius 1 is 1.22 bits per heavy atom. The van der Waals surface area contributed by atoms with Crippen molar-refractivity contribution < 1.29 is 0 Å². The molecule has 0 spiro atoms. The molecule has 0 radical (unpaired) electrons. The average molecular weight is 260 g/mol. The second-order valence-electron chi connectivity index (χ2n) is 3.81. The van der Waals surface area contributed by atoms with E-state index in [2.05, 4.69) is 34.8 Å². The molecule has 0 unspecified atom stereocenters. The molecule has 0 aliphatic heterocycles. The minimum atomic E-state index is 0.562. The van der Waals surface area contributed by atoms with Crippen molar-refractivity contribution in [3.05, 3.63) is 52.2 Å². The van der Waals surface area contributed by atoms with E-state index in [1.807, 2.05) is 30.3 Å². The van der Waals surface area contributed by atoms with Gasteiger partial charge in [0.2, 0.25) is 5.96 Å². The number of anilines is 1. The van der Waals surface area contributed by atoms with Crippen molar-refractivity contribution in [2.24, 2.45) is 10.8 Å². The fraction of sp³-hybridized carbons (Fsp3) is 0.154. The quantitative estimate of drug-likeness (QED) is 0.344. The number of nitrogens with two attached hydrogens (primary N) is 1. The van der Waals surface area contributed by atoms with Gasteiger partial charge in [0.1, 0.15) is 0 Å². The van der Waals surface area contributed by atoms with Crippen molar-refractivity contribution in [2.45, 2.75) is 13.5 Å². The molecular formula is C13H16N4S. The molecule has 0 bridgehead atoms. The summed E-state index contributed by atoms with van der Waals surface area (Å²) in [5.41, 5.74) is 3.53. The first-order valence-corrected chi connectivity index (χ1v) is 6.48. The first kappa shape index (κ1) is 12.6. The zero-order valence-corrected chi connectivity index (χ0v) is 11.0. The molecule has 4 nitrogen and oxygen atoms in total. The van der Waals surface area contributed by atoms with Gasteiger partial charge in [0.25, 0.3) is 0 Å². The maximum atomic E-state index is 5.45. The van der Waals surface area contributed by atoms with E-state index >= 15 is 0 Å². The summed E-state index contributed by atoms with van der Waals surface area (Å²) in [6.07, 6.45) is 0. The SMILES string of the molecule is Cc1ccc(CN=C(NN)Nc2ccccc2)s1. The van der Waals surface area contributed by atoms with Crippen LogP contribution in [0.2, 0.25) is 0 Å². The molecule has 0 atom stereocenters. The van der Waals surface area contributed by atoms with Crippen LogP contribution in [0.3, 0.4) is 0 Å². The standard InChI is InChI=1S/C13H16N4S/c1-10-7-8-12(18-10)9-15-13(17-14)16-11-5-3-2-4-6-11/h2-8H,9,14H2,1H3,(H2,15,16,17). The third kappa shape index (κ3) is 3.58. The number of hydrazine groups is 1. The van der Waals surface area contributed by atoms with Gasteiger partial charge in [-0.05, 0) is 31.2 Å². The molecule has 2 aromatic rings. The summed E-state index contributed by atoms with van der Waals surface area (Å²) < 4.78 is 0. The highest BCUT2D eigenvalue weighted by Crippen LogP contribution is 2.15. The molecule has 0 fully saturated rings. The van der Waals surface area contributed by atoms with Gasteiger partial charge in [-0.2, -0.15) is 0 Å². The van der Waals surface area contributed by atoms with Crippen LogP contribution in [0, 0.1) is 6.92 Å². The Bertz CT molecular complexity index is 519. The van der Waals surface area contributed by atoms with E-state index in [-0.39, 0.29) is 0 Å². The summed E-state index contributed by atoms with van der Waals surface area (Å²) in [6.45, 7) is 2.71. The first-order chi connectivity index (χ1) is 8.78. The summed E-state index contributed by atoms with van der Waals surface area (Å²) in [5.74, 6) is 6.01. The van der Waals surface area contributed by atoms with Gasteiger partial charge < -0.3 is 5.32 Å². The number of para-hydroxylation sites is 1. The molecule has 4 N–H and O–H groups in total. The van der Waals surface area contributed by atoms with E-state index in [1.165, 1.54) is 9.75 Å². The molecule has 18 heavy (non-hydrogen) atoms. The zero-order chi connectivity index (χ0) is 12.8. The predicted octanol–water partition coefficient (Wildman–Crippen LogP) is 2.49. The number of aryl methyl sites for hydroxylation is 1. The summed E-state index contributed by atoms with van der Waals surface area (Å²) >= 11 is 1.74. The average Bonchev–Trinajstić information content (AvgIpc) is 2.81. The smallest absolute Gasteiger partial charge is 0.210 e. The second kappa shape index (κ2) is 6.18. The van der Waals surface area contributed by atoms with Crippen LogP contribution < -0.4 is 16.6 Å². The lowest BCUT2D eigenvalue weighted by Crippen LogP contribution is -2.36. The number of rotatable bonds is 3. The molecule has 0 saturated heterocycles. The van der Waals surface area contributed by atoms with Crippen molar-refractivity contribution in [1.82, 2.24) is 5.43 Å². The molecule has 1 aromatic heterocycles. The van der Waals surface area contributed by atoms with Gasteiger partial charge in [0, 0.05) is 15.4 Å². The monoisotopic (exact) mass is 260 g/mol. The fourth-order valence-corrected chi connectivity index (χ4v) is 2.32. The van der Waals surface area contributed by atoms with Gasteiger partial charge in [-0.1, -0.05) is 18.2 Å². The Kier molecular flexibility index (Phi) is 4.33. The van der Waals surface area contributed by atoms with Crippen molar-refractivity contribution in [3.63, 3.8) is 0 Å². The maximum absolute atomic E-state index is 5.45. The minimum Gasteiger partial charge on any atom is -0.325 e. The number of benzene rings is 1. The molecule has 0 saturated carbocycles. The van der Waals surface area contributed by atoms with Gasteiger partial charge in [-0.3, -0.25) is 5.43 Å². The van der Waals surface area contributed by atoms with E-state index in [4.69, 9.17) is 5.84 Å². The molecule has 0 amide bonds. The number of thiophene rings is 1. The minimum absolute atomic E-state index is 0.562. The lowest BCUT2D eigenvalue weighted by molar-refractivity contribution is 0.976. The van der Waals surface area contributed by atoms with E-state index in [9.17, 15) is 0 Å². The summed E-state index contributed by atoms with van der Waals surface area (Å²) in [6, 6.07) is 14.0.